The van der Waals surface area contributed by atoms with Gasteiger partial charge < -0.3 is 15.4 Å². The molecular formula is C13H12FN3O3. The smallest absolute Gasteiger partial charge is 0.326 e. The molecule has 1 aromatic carbocycles. The fourth-order valence-corrected chi connectivity index (χ4v) is 1.66. The third kappa shape index (κ3) is 3.41. The van der Waals surface area contributed by atoms with Crippen molar-refractivity contribution in [3.05, 3.63) is 53.9 Å². The molecule has 104 valence electrons. The Hall–Kier alpha value is -2.70. The Bertz CT molecular complexity index is 596. The van der Waals surface area contributed by atoms with Crippen molar-refractivity contribution in [1.29, 1.82) is 0 Å². The van der Waals surface area contributed by atoms with Gasteiger partial charge in [0.25, 0.3) is 5.91 Å². The van der Waals surface area contributed by atoms with E-state index in [1.54, 1.807) is 0 Å². The number of benzene rings is 1. The molecule has 2 aromatic rings. The second-order valence-electron chi connectivity index (χ2n) is 4.15. The van der Waals surface area contributed by atoms with Crippen molar-refractivity contribution in [2.45, 2.75) is 12.5 Å². The van der Waals surface area contributed by atoms with Gasteiger partial charge in [-0.25, -0.2) is 14.2 Å². The molecule has 1 unspecified atom stereocenters. The van der Waals surface area contributed by atoms with E-state index in [0.29, 0.717) is 5.69 Å². The Kier molecular flexibility index (Phi) is 4.09. The summed E-state index contributed by atoms with van der Waals surface area (Å²) in [5.41, 5.74) is 0.791. The Balaban J connectivity index is 2.06. The van der Waals surface area contributed by atoms with E-state index in [1.807, 2.05) is 0 Å². The Morgan fingerprint density at radius 2 is 2.05 bits per heavy atom. The number of H-pyrrole nitrogens is 1. The van der Waals surface area contributed by atoms with Gasteiger partial charge in [0.15, 0.2) is 0 Å². The maximum absolute atomic E-state index is 12.8. The molecule has 0 aliphatic heterocycles. The number of nitrogens with zero attached hydrogens (tertiary/aromatic N) is 1. The first-order chi connectivity index (χ1) is 9.56. The first kappa shape index (κ1) is 13.7. The minimum Gasteiger partial charge on any atom is -0.480 e. The summed E-state index contributed by atoms with van der Waals surface area (Å²) in [5.74, 6) is -2.19. The van der Waals surface area contributed by atoms with Gasteiger partial charge in [0.05, 0.1) is 6.33 Å². The van der Waals surface area contributed by atoms with Gasteiger partial charge in [0.1, 0.15) is 11.9 Å². The predicted molar refractivity (Wildman–Crippen MR) is 67.6 cm³/mol. The van der Waals surface area contributed by atoms with E-state index in [2.05, 4.69) is 15.3 Å². The number of carbonyl (C=O) groups is 2. The zero-order chi connectivity index (χ0) is 14.5. The highest BCUT2D eigenvalue weighted by atomic mass is 19.1. The van der Waals surface area contributed by atoms with Crippen LogP contribution in [0.1, 0.15) is 16.1 Å². The van der Waals surface area contributed by atoms with Crippen molar-refractivity contribution >= 4 is 11.9 Å². The van der Waals surface area contributed by atoms with Gasteiger partial charge in [-0.1, -0.05) is 0 Å². The molecule has 0 saturated carbocycles. The molecule has 0 radical (unpaired) electrons. The number of hydrogen-bond donors (Lipinski definition) is 3. The third-order valence-electron chi connectivity index (χ3n) is 2.69. The van der Waals surface area contributed by atoms with E-state index in [9.17, 15) is 14.0 Å². The number of amides is 1. The minimum absolute atomic E-state index is 0.0856. The van der Waals surface area contributed by atoms with Crippen molar-refractivity contribution in [3.8, 4) is 0 Å². The minimum atomic E-state index is -1.16. The number of carboxylic acids is 1. The Morgan fingerprint density at radius 1 is 1.35 bits per heavy atom. The van der Waals surface area contributed by atoms with E-state index < -0.39 is 23.7 Å². The molecular weight excluding hydrogens is 265 g/mol. The fraction of sp³-hybridized carbons (Fsp3) is 0.154. The predicted octanol–water partition coefficient (Wildman–Crippen LogP) is 0.974. The lowest BCUT2D eigenvalue weighted by molar-refractivity contribution is -0.139. The summed E-state index contributed by atoms with van der Waals surface area (Å²) in [4.78, 5) is 29.6. The van der Waals surface area contributed by atoms with Crippen molar-refractivity contribution in [1.82, 2.24) is 15.3 Å². The lowest BCUT2D eigenvalue weighted by Gasteiger charge is -2.13. The van der Waals surface area contributed by atoms with Gasteiger partial charge >= 0.3 is 5.97 Å². The SMILES string of the molecule is O=C(NC(Cc1cnc[nH]1)C(=O)O)c1ccc(F)cc1. The molecule has 0 aliphatic rings. The molecule has 1 aromatic heterocycles. The maximum Gasteiger partial charge on any atom is 0.326 e. The summed E-state index contributed by atoms with van der Waals surface area (Å²) in [6.07, 6.45) is 3.00. The van der Waals surface area contributed by atoms with Gasteiger partial charge in [0, 0.05) is 23.9 Å². The van der Waals surface area contributed by atoms with Crippen LogP contribution in [0.4, 0.5) is 4.39 Å². The van der Waals surface area contributed by atoms with E-state index >= 15 is 0 Å². The fourth-order valence-electron chi connectivity index (χ4n) is 1.66. The number of aromatic amines is 1. The number of aromatic nitrogens is 2. The lowest BCUT2D eigenvalue weighted by Crippen LogP contribution is -2.42. The van der Waals surface area contributed by atoms with Crippen molar-refractivity contribution in [3.63, 3.8) is 0 Å². The highest BCUT2D eigenvalue weighted by Gasteiger charge is 2.21. The van der Waals surface area contributed by atoms with Gasteiger partial charge in [-0.15, -0.1) is 0 Å². The first-order valence-electron chi connectivity index (χ1n) is 5.83. The van der Waals surface area contributed by atoms with Crippen LogP contribution in [0, 0.1) is 5.82 Å². The standard InChI is InChI=1S/C13H12FN3O3/c14-9-3-1-8(2-4-9)12(18)17-11(13(19)20)5-10-6-15-7-16-10/h1-4,6-7,11H,5H2,(H,15,16)(H,17,18)(H,19,20). The molecule has 6 nitrogen and oxygen atoms in total. The second kappa shape index (κ2) is 5.96. The van der Waals surface area contributed by atoms with Crippen LogP contribution in [0.5, 0.6) is 0 Å². The second-order valence-corrected chi connectivity index (χ2v) is 4.15. The highest BCUT2D eigenvalue weighted by molar-refractivity contribution is 5.96. The van der Waals surface area contributed by atoms with Gasteiger partial charge in [0.2, 0.25) is 0 Å². The number of halogens is 1. The normalized spacial score (nSPS) is 11.8. The number of nitrogens with one attached hydrogen (secondary N) is 2. The van der Waals surface area contributed by atoms with E-state index in [4.69, 9.17) is 5.11 Å². The van der Waals surface area contributed by atoms with Crippen LogP contribution in [-0.4, -0.2) is 33.0 Å². The van der Waals surface area contributed by atoms with Crippen LogP contribution >= 0.6 is 0 Å². The van der Waals surface area contributed by atoms with Crippen LogP contribution in [0.15, 0.2) is 36.8 Å². The molecule has 3 N–H and O–H groups in total. The maximum atomic E-state index is 12.8. The average molecular weight is 277 g/mol. The van der Waals surface area contributed by atoms with E-state index in [0.717, 1.165) is 12.1 Å². The molecule has 0 fully saturated rings. The van der Waals surface area contributed by atoms with Crippen LogP contribution < -0.4 is 5.32 Å². The number of aliphatic carboxylic acids is 1. The van der Waals surface area contributed by atoms with Gasteiger partial charge in [-0.3, -0.25) is 4.79 Å². The van der Waals surface area contributed by atoms with Crippen molar-refractivity contribution in [2.75, 3.05) is 0 Å². The Morgan fingerprint density at radius 3 is 2.60 bits per heavy atom. The van der Waals surface area contributed by atoms with Crippen molar-refractivity contribution in [2.24, 2.45) is 0 Å². The molecule has 0 spiro atoms. The molecule has 2 rings (SSSR count). The monoisotopic (exact) mass is 277 g/mol. The van der Waals surface area contributed by atoms with E-state index in [1.165, 1.54) is 24.7 Å². The molecule has 1 amide bonds. The van der Waals surface area contributed by atoms with Crippen molar-refractivity contribution < 1.29 is 19.1 Å². The van der Waals surface area contributed by atoms with Crippen LogP contribution in [-0.2, 0) is 11.2 Å². The molecule has 0 aliphatic carbocycles. The third-order valence-corrected chi connectivity index (χ3v) is 2.69. The summed E-state index contributed by atoms with van der Waals surface area (Å²) >= 11 is 0. The summed E-state index contributed by atoms with van der Waals surface area (Å²) in [6, 6.07) is 3.77. The first-order valence-corrected chi connectivity index (χ1v) is 5.83. The highest BCUT2D eigenvalue weighted by Crippen LogP contribution is 2.05. The number of imidazole rings is 1. The average Bonchev–Trinajstić information content (AvgIpc) is 2.91. The number of hydrogen-bond acceptors (Lipinski definition) is 3. The molecule has 1 heterocycles. The van der Waals surface area contributed by atoms with Gasteiger partial charge in [-0.05, 0) is 24.3 Å². The Labute approximate surface area is 113 Å². The zero-order valence-electron chi connectivity index (χ0n) is 10.3. The molecule has 7 heteroatoms. The number of carbonyl (C=O) groups excluding carboxylic acids is 1. The number of rotatable bonds is 5. The van der Waals surface area contributed by atoms with Crippen LogP contribution in [0.25, 0.3) is 0 Å². The van der Waals surface area contributed by atoms with Gasteiger partial charge in [-0.2, -0.15) is 0 Å². The number of carboxylic acid groups (broad SMARTS) is 1. The molecule has 0 saturated heterocycles. The summed E-state index contributed by atoms with van der Waals surface area (Å²) in [7, 11) is 0. The largest absolute Gasteiger partial charge is 0.480 e. The lowest BCUT2D eigenvalue weighted by atomic mass is 10.1. The molecule has 0 bridgehead atoms. The molecule has 1 atom stereocenters. The van der Waals surface area contributed by atoms with E-state index in [-0.39, 0.29) is 12.0 Å². The van der Waals surface area contributed by atoms with Crippen LogP contribution in [0.2, 0.25) is 0 Å². The molecule has 20 heavy (non-hydrogen) atoms. The zero-order valence-corrected chi connectivity index (χ0v) is 10.3. The summed E-state index contributed by atoms with van der Waals surface area (Å²) < 4.78 is 12.8. The topological polar surface area (TPSA) is 95.1 Å². The summed E-state index contributed by atoms with van der Waals surface area (Å²) in [5, 5.41) is 11.5. The quantitative estimate of drug-likeness (QED) is 0.759. The summed E-state index contributed by atoms with van der Waals surface area (Å²) in [6.45, 7) is 0. The van der Waals surface area contributed by atoms with Crippen LogP contribution in [0.3, 0.4) is 0 Å².